The van der Waals surface area contributed by atoms with Crippen LogP contribution in [0.2, 0.25) is 0 Å². The Bertz CT molecular complexity index is 1280. The van der Waals surface area contributed by atoms with Crippen molar-refractivity contribution in [2.24, 2.45) is 5.41 Å². The Kier molecular flexibility index (Phi) is 4.88. The zero-order valence-electron chi connectivity index (χ0n) is 17.6. The topological polar surface area (TPSA) is 116 Å². The van der Waals surface area contributed by atoms with Gasteiger partial charge >= 0.3 is 5.97 Å². The van der Waals surface area contributed by atoms with Crippen LogP contribution in [0.4, 0.5) is 0 Å². The van der Waals surface area contributed by atoms with Gasteiger partial charge in [0.25, 0.3) is 0 Å². The molecular weight excluding hydrogens is 396 g/mol. The smallest absolute Gasteiger partial charge is 0.329 e. The lowest BCUT2D eigenvalue weighted by Crippen LogP contribution is -2.32. The summed E-state index contributed by atoms with van der Waals surface area (Å²) in [7, 11) is 0. The summed E-state index contributed by atoms with van der Waals surface area (Å²) in [6, 6.07) is 6.29. The number of hydrogen-bond acceptors (Lipinski definition) is 6. The van der Waals surface area contributed by atoms with Gasteiger partial charge in [0.05, 0.1) is 11.7 Å². The van der Waals surface area contributed by atoms with Gasteiger partial charge in [0.1, 0.15) is 5.69 Å². The highest BCUT2D eigenvalue weighted by Crippen LogP contribution is 2.35. The first-order chi connectivity index (χ1) is 14.7. The van der Waals surface area contributed by atoms with E-state index in [4.69, 9.17) is 0 Å². The van der Waals surface area contributed by atoms with E-state index in [2.05, 4.69) is 20.2 Å². The van der Waals surface area contributed by atoms with Gasteiger partial charge in [0.15, 0.2) is 11.8 Å². The molecule has 0 aliphatic heterocycles. The molecule has 1 N–H and O–H groups in total. The van der Waals surface area contributed by atoms with E-state index in [1.807, 2.05) is 32.9 Å². The Labute approximate surface area is 178 Å². The molecule has 0 radical (unpaired) electrons. The van der Waals surface area contributed by atoms with Crippen molar-refractivity contribution in [3.8, 4) is 17.1 Å². The van der Waals surface area contributed by atoms with E-state index in [-0.39, 0.29) is 11.5 Å². The third-order valence-corrected chi connectivity index (χ3v) is 5.01. The molecule has 0 bridgehead atoms. The number of carbonyl (C=O) groups is 2. The van der Waals surface area contributed by atoms with Gasteiger partial charge in [-0.2, -0.15) is 10.2 Å². The average molecular weight is 418 g/mol. The van der Waals surface area contributed by atoms with Crippen LogP contribution in [0.15, 0.2) is 49.1 Å². The van der Waals surface area contributed by atoms with Crippen molar-refractivity contribution in [2.75, 3.05) is 0 Å². The van der Waals surface area contributed by atoms with Crippen molar-refractivity contribution < 1.29 is 14.7 Å². The molecule has 1 unspecified atom stereocenters. The SMILES string of the molecule is CC(=O)c1nn(C(C(=O)O)C(C)(C)C)c2ccc(-c3cnn(-c4ncccn4)c3)cc12. The number of aliphatic carboxylic acids is 1. The molecular formula is C22H22N6O3. The van der Waals surface area contributed by atoms with Crippen LogP contribution >= 0.6 is 0 Å². The Morgan fingerprint density at radius 2 is 1.81 bits per heavy atom. The summed E-state index contributed by atoms with van der Waals surface area (Å²) in [5.41, 5.74) is 1.86. The molecule has 0 fully saturated rings. The fourth-order valence-electron chi connectivity index (χ4n) is 3.61. The van der Waals surface area contributed by atoms with Crippen LogP contribution in [0.3, 0.4) is 0 Å². The minimum atomic E-state index is -1.000. The molecule has 9 heteroatoms. The zero-order chi connectivity index (χ0) is 22.3. The second-order valence-corrected chi connectivity index (χ2v) is 8.41. The summed E-state index contributed by atoms with van der Waals surface area (Å²) in [6.45, 7) is 6.93. The van der Waals surface area contributed by atoms with Gasteiger partial charge in [-0.3, -0.25) is 4.79 Å². The third kappa shape index (κ3) is 3.70. The number of carbonyl (C=O) groups excluding carboxylic acids is 1. The van der Waals surface area contributed by atoms with E-state index in [9.17, 15) is 14.7 Å². The number of benzene rings is 1. The first-order valence-electron chi connectivity index (χ1n) is 9.75. The normalized spacial score (nSPS) is 12.8. The van der Waals surface area contributed by atoms with Gasteiger partial charge in [-0.15, -0.1) is 0 Å². The molecule has 3 heterocycles. The molecule has 0 aliphatic carbocycles. The summed E-state index contributed by atoms with van der Waals surface area (Å²) in [6.07, 6.45) is 6.75. The highest BCUT2D eigenvalue weighted by Gasteiger charge is 2.35. The minimum Gasteiger partial charge on any atom is -0.480 e. The van der Waals surface area contributed by atoms with Crippen molar-refractivity contribution in [2.45, 2.75) is 33.7 Å². The second kappa shape index (κ2) is 7.42. The Morgan fingerprint density at radius 1 is 1.10 bits per heavy atom. The average Bonchev–Trinajstić information content (AvgIpc) is 3.33. The van der Waals surface area contributed by atoms with E-state index >= 15 is 0 Å². The monoisotopic (exact) mass is 418 g/mol. The van der Waals surface area contributed by atoms with Crippen LogP contribution in [0.25, 0.3) is 28.0 Å². The van der Waals surface area contributed by atoms with Crippen molar-refractivity contribution in [1.82, 2.24) is 29.5 Å². The van der Waals surface area contributed by atoms with Crippen LogP contribution in [-0.4, -0.2) is 46.4 Å². The maximum Gasteiger partial charge on any atom is 0.329 e. The number of hydrogen-bond donors (Lipinski definition) is 1. The number of carboxylic acids is 1. The molecule has 3 aromatic heterocycles. The molecule has 0 amide bonds. The lowest BCUT2D eigenvalue weighted by Gasteiger charge is -2.27. The fraction of sp³-hybridized carbons (Fsp3) is 0.273. The van der Waals surface area contributed by atoms with E-state index < -0.39 is 17.4 Å². The van der Waals surface area contributed by atoms with E-state index in [0.29, 0.717) is 16.9 Å². The lowest BCUT2D eigenvalue weighted by molar-refractivity contribution is -0.144. The molecule has 0 saturated carbocycles. The van der Waals surface area contributed by atoms with Gasteiger partial charge in [0.2, 0.25) is 5.95 Å². The standard InChI is InChI=1S/C22H22N6O3/c1-13(29)18-16-10-14(15-11-25-27(12-15)21-23-8-5-9-24-21)6-7-17(16)28(26-18)19(20(30)31)22(2,3)4/h5-12,19H,1-4H3,(H,30,31). The molecule has 4 rings (SSSR count). The van der Waals surface area contributed by atoms with Gasteiger partial charge in [-0.05, 0) is 29.2 Å². The molecule has 31 heavy (non-hydrogen) atoms. The number of rotatable bonds is 5. The van der Waals surface area contributed by atoms with Gasteiger partial charge < -0.3 is 5.11 Å². The predicted octanol–water partition coefficient (Wildman–Crippen LogP) is 3.55. The highest BCUT2D eigenvalue weighted by atomic mass is 16.4. The van der Waals surface area contributed by atoms with Crippen molar-refractivity contribution in [1.29, 1.82) is 0 Å². The molecule has 158 valence electrons. The van der Waals surface area contributed by atoms with E-state index in [1.54, 1.807) is 41.6 Å². The lowest BCUT2D eigenvalue weighted by atomic mass is 9.87. The molecule has 1 aromatic carbocycles. The number of ketones is 1. The number of aromatic nitrogens is 6. The van der Waals surface area contributed by atoms with Crippen LogP contribution in [0.5, 0.6) is 0 Å². The van der Waals surface area contributed by atoms with Gasteiger partial charge in [-0.25, -0.2) is 24.1 Å². The first-order valence-corrected chi connectivity index (χ1v) is 9.75. The Morgan fingerprint density at radius 3 is 2.42 bits per heavy atom. The summed E-state index contributed by atoms with van der Waals surface area (Å²) in [4.78, 5) is 32.7. The fourth-order valence-corrected chi connectivity index (χ4v) is 3.61. The highest BCUT2D eigenvalue weighted by molar-refractivity contribution is 6.06. The van der Waals surface area contributed by atoms with E-state index in [0.717, 1.165) is 11.1 Å². The summed E-state index contributed by atoms with van der Waals surface area (Å²) in [5, 5.41) is 19.2. The van der Waals surface area contributed by atoms with Crippen molar-refractivity contribution in [3.05, 3.63) is 54.7 Å². The second-order valence-electron chi connectivity index (χ2n) is 8.41. The van der Waals surface area contributed by atoms with Crippen LogP contribution < -0.4 is 0 Å². The molecule has 4 aromatic rings. The summed E-state index contributed by atoms with van der Waals surface area (Å²) >= 11 is 0. The maximum absolute atomic E-state index is 12.3. The van der Waals surface area contributed by atoms with E-state index in [1.165, 1.54) is 11.6 Å². The predicted molar refractivity (Wildman–Crippen MR) is 114 cm³/mol. The zero-order valence-corrected chi connectivity index (χ0v) is 17.6. The van der Waals surface area contributed by atoms with Crippen molar-refractivity contribution in [3.63, 3.8) is 0 Å². The number of fused-ring (bicyclic) bond motifs is 1. The Hall–Kier alpha value is -3.88. The third-order valence-electron chi connectivity index (χ3n) is 5.01. The maximum atomic E-state index is 12.3. The molecule has 0 aliphatic rings. The number of Topliss-reactive ketones (excluding diaryl/α,β-unsaturated/α-hetero) is 1. The molecule has 9 nitrogen and oxygen atoms in total. The summed E-state index contributed by atoms with van der Waals surface area (Å²) < 4.78 is 3.01. The van der Waals surface area contributed by atoms with Gasteiger partial charge in [-0.1, -0.05) is 26.8 Å². The molecule has 0 spiro atoms. The first kappa shape index (κ1) is 20.4. The minimum absolute atomic E-state index is 0.229. The Balaban J connectivity index is 1.85. The number of nitrogens with zero attached hydrogens (tertiary/aromatic N) is 6. The number of carboxylic acid groups (broad SMARTS) is 1. The quantitative estimate of drug-likeness (QED) is 0.493. The largest absolute Gasteiger partial charge is 0.480 e. The van der Waals surface area contributed by atoms with Crippen LogP contribution in [-0.2, 0) is 4.79 Å². The van der Waals surface area contributed by atoms with Crippen LogP contribution in [0.1, 0.15) is 44.2 Å². The van der Waals surface area contributed by atoms with Gasteiger partial charge in [0, 0.05) is 36.5 Å². The van der Waals surface area contributed by atoms with Crippen LogP contribution in [0, 0.1) is 5.41 Å². The summed E-state index contributed by atoms with van der Waals surface area (Å²) in [5.74, 6) is -0.783. The molecule has 1 atom stereocenters. The molecule has 0 saturated heterocycles. The van der Waals surface area contributed by atoms with Crippen molar-refractivity contribution >= 4 is 22.7 Å².